The molecule has 0 radical (unpaired) electrons. The molecule has 1 heterocycles. The van der Waals surface area contributed by atoms with E-state index in [1.807, 2.05) is 11.4 Å². The van der Waals surface area contributed by atoms with Crippen molar-refractivity contribution in [2.45, 2.75) is 31.8 Å². The molecule has 76 valence electrons. The molecule has 1 aromatic rings. The van der Waals surface area contributed by atoms with Crippen LogP contribution in [0.1, 0.15) is 34.5 Å². The van der Waals surface area contributed by atoms with Crippen molar-refractivity contribution >= 4 is 17.3 Å². The van der Waals surface area contributed by atoms with Crippen LogP contribution in [0.25, 0.3) is 0 Å². The zero-order chi connectivity index (χ0) is 9.97. The topological polar surface area (TPSA) is 49.3 Å². The number of thiophene rings is 1. The highest BCUT2D eigenvalue weighted by Gasteiger charge is 2.18. The van der Waals surface area contributed by atoms with Crippen LogP contribution in [-0.4, -0.2) is 17.1 Å². The lowest BCUT2D eigenvalue weighted by Crippen LogP contribution is -2.34. The van der Waals surface area contributed by atoms with Crippen LogP contribution in [-0.2, 0) is 6.54 Å². The van der Waals surface area contributed by atoms with Gasteiger partial charge >= 0.3 is 5.97 Å². The maximum absolute atomic E-state index is 10.8. The smallest absolute Gasteiger partial charge is 0.346 e. The van der Waals surface area contributed by atoms with Gasteiger partial charge in [-0.3, -0.25) is 0 Å². The molecule has 0 saturated heterocycles. The first-order chi connectivity index (χ1) is 6.77. The van der Waals surface area contributed by atoms with Crippen LogP contribution in [0.4, 0.5) is 0 Å². The Labute approximate surface area is 86.8 Å². The van der Waals surface area contributed by atoms with Gasteiger partial charge in [0.2, 0.25) is 0 Å². The Morgan fingerprint density at radius 3 is 3.00 bits per heavy atom. The number of aromatic carboxylic acids is 1. The molecule has 2 N–H and O–H groups in total. The van der Waals surface area contributed by atoms with Crippen LogP contribution in [0.3, 0.4) is 0 Å². The van der Waals surface area contributed by atoms with Gasteiger partial charge in [-0.25, -0.2) is 4.79 Å². The van der Waals surface area contributed by atoms with Crippen LogP contribution in [0.15, 0.2) is 11.4 Å². The molecule has 2 rings (SSSR count). The molecule has 0 unspecified atom stereocenters. The summed E-state index contributed by atoms with van der Waals surface area (Å²) in [6.45, 7) is 0.690. The Morgan fingerprint density at radius 2 is 2.43 bits per heavy atom. The number of carboxylic acid groups (broad SMARTS) is 1. The van der Waals surface area contributed by atoms with Crippen molar-refractivity contribution in [3.63, 3.8) is 0 Å². The minimum atomic E-state index is -0.814. The maximum atomic E-state index is 10.8. The minimum absolute atomic E-state index is 0.469. The second-order valence-electron chi connectivity index (χ2n) is 3.59. The zero-order valence-electron chi connectivity index (χ0n) is 7.82. The summed E-state index contributed by atoms with van der Waals surface area (Å²) in [5, 5.41) is 14.1. The fraction of sp³-hybridized carbons (Fsp3) is 0.500. The van der Waals surface area contributed by atoms with E-state index in [4.69, 9.17) is 5.11 Å². The molecule has 3 nitrogen and oxygen atoms in total. The highest BCUT2D eigenvalue weighted by molar-refractivity contribution is 7.12. The van der Waals surface area contributed by atoms with Crippen molar-refractivity contribution in [3.8, 4) is 0 Å². The molecule has 0 atom stereocenters. The second-order valence-corrected chi connectivity index (χ2v) is 4.50. The van der Waals surface area contributed by atoms with Gasteiger partial charge in [-0.2, -0.15) is 0 Å². The van der Waals surface area contributed by atoms with Crippen LogP contribution in [0.2, 0.25) is 0 Å². The summed E-state index contributed by atoms with van der Waals surface area (Å²) in [6.07, 6.45) is 3.76. The second kappa shape index (κ2) is 4.11. The fourth-order valence-electron chi connectivity index (χ4n) is 1.53. The number of hydrogen-bond acceptors (Lipinski definition) is 3. The summed E-state index contributed by atoms with van der Waals surface area (Å²) in [5.41, 5.74) is 0.911. The van der Waals surface area contributed by atoms with Gasteiger partial charge in [0.15, 0.2) is 0 Å². The molecule has 4 heteroatoms. The lowest BCUT2D eigenvalue weighted by Gasteiger charge is -2.26. The first-order valence-electron chi connectivity index (χ1n) is 4.80. The van der Waals surface area contributed by atoms with Gasteiger partial charge in [-0.1, -0.05) is 6.42 Å². The molecule has 14 heavy (non-hydrogen) atoms. The largest absolute Gasteiger partial charge is 0.477 e. The summed E-state index contributed by atoms with van der Waals surface area (Å²) in [7, 11) is 0. The predicted octanol–water partition coefficient (Wildman–Crippen LogP) is 2.09. The Kier molecular flexibility index (Phi) is 2.84. The van der Waals surface area contributed by atoms with Crippen molar-refractivity contribution < 1.29 is 9.90 Å². The van der Waals surface area contributed by atoms with Gasteiger partial charge in [-0.15, -0.1) is 11.3 Å². The van der Waals surface area contributed by atoms with Crippen molar-refractivity contribution in [1.29, 1.82) is 0 Å². The summed E-state index contributed by atoms with van der Waals surface area (Å²) in [5.74, 6) is -0.814. The number of carbonyl (C=O) groups is 1. The standard InChI is InChI=1S/C10H13NO2S/c12-10(13)9-7(4-5-14-9)6-11-8-2-1-3-8/h4-5,8,11H,1-3,6H2,(H,12,13). The van der Waals surface area contributed by atoms with Crippen molar-refractivity contribution in [1.82, 2.24) is 5.32 Å². The van der Waals surface area contributed by atoms with Crippen molar-refractivity contribution in [2.24, 2.45) is 0 Å². The van der Waals surface area contributed by atoms with Crippen LogP contribution < -0.4 is 5.32 Å². The van der Waals surface area contributed by atoms with Gasteiger partial charge in [-0.05, 0) is 29.9 Å². The molecule has 1 aliphatic rings. The molecule has 1 saturated carbocycles. The van der Waals surface area contributed by atoms with Crippen molar-refractivity contribution in [3.05, 3.63) is 21.9 Å². The van der Waals surface area contributed by atoms with E-state index in [0.29, 0.717) is 17.5 Å². The Hall–Kier alpha value is -0.870. The SMILES string of the molecule is O=C(O)c1sccc1CNC1CCC1. The highest BCUT2D eigenvalue weighted by atomic mass is 32.1. The molecular weight excluding hydrogens is 198 g/mol. The van der Waals surface area contributed by atoms with Gasteiger partial charge in [0.05, 0.1) is 0 Å². The van der Waals surface area contributed by atoms with Crippen LogP contribution >= 0.6 is 11.3 Å². The lowest BCUT2D eigenvalue weighted by atomic mass is 9.93. The van der Waals surface area contributed by atoms with Gasteiger partial charge in [0.25, 0.3) is 0 Å². The van der Waals surface area contributed by atoms with Gasteiger partial charge in [0.1, 0.15) is 4.88 Å². The summed E-state index contributed by atoms with van der Waals surface area (Å²) in [4.78, 5) is 11.3. The minimum Gasteiger partial charge on any atom is -0.477 e. The average molecular weight is 211 g/mol. The average Bonchev–Trinajstić information content (AvgIpc) is 2.49. The molecule has 1 fully saturated rings. The van der Waals surface area contributed by atoms with Crippen molar-refractivity contribution in [2.75, 3.05) is 0 Å². The summed E-state index contributed by atoms with van der Waals surface area (Å²) >= 11 is 1.30. The fourth-order valence-corrected chi connectivity index (χ4v) is 2.29. The monoisotopic (exact) mass is 211 g/mol. The first-order valence-corrected chi connectivity index (χ1v) is 5.68. The number of carboxylic acids is 1. The van der Waals surface area contributed by atoms with Gasteiger partial charge in [0, 0.05) is 12.6 Å². The van der Waals surface area contributed by atoms with E-state index in [9.17, 15) is 4.79 Å². The Balaban J connectivity index is 1.94. The molecule has 0 aromatic carbocycles. The third-order valence-electron chi connectivity index (χ3n) is 2.63. The van der Waals surface area contributed by atoms with E-state index in [1.54, 1.807) is 0 Å². The van der Waals surface area contributed by atoms with Crippen LogP contribution in [0, 0.1) is 0 Å². The molecule has 0 bridgehead atoms. The molecule has 0 amide bonds. The predicted molar refractivity (Wildman–Crippen MR) is 55.8 cm³/mol. The zero-order valence-corrected chi connectivity index (χ0v) is 8.64. The van der Waals surface area contributed by atoms with E-state index in [1.165, 1.54) is 30.6 Å². The molecule has 1 aliphatic carbocycles. The number of nitrogens with one attached hydrogen (secondary N) is 1. The first kappa shape index (κ1) is 9.68. The van der Waals surface area contributed by atoms with Gasteiger partial charge < -0.3 is 10.4 Å². The Morgan fingerprint density at radius 1 is 1.64 bits per heavy atom. The molecular formula is C10H13NO2S. The van der Waals surface area contributed by atoms with E-state index in [0.717, 1.165) is 5.56 Å². The van der Waals surface area contributed by atoms with E-state index < -0.39 is 5.97 Å². The van der Waals surface area contributed by atoms with E-state index in [2.05, 4.69) is 5.32 Å². The molecule has 0 spiro atoms. The number of hydrogen-bond donors (Lipinski definition) is 2. The van der Waals surface area contributed by atoms with Crippen LogP contribution in [0.5, 0.6) is 0 Å². The number of rotatable bonds is 4. The third kappa shape index (κ3) is 1.96. The molecule has 0 aliphatic heterocycles. The Bertz CT molecular complexity index is 331. The maximum Gasteiger partial charge on any atom is 0.346 e. The summed E-state index contributed by atoms with van der Waals surface area (Å²) < 4.78 is 0. The lowest BCUT2D eigenvalue weighted by molar-refractivity contribution is 0.0701. The quantitative estimate of drug-likeness (QED) is 0.801. The van der Waals surface area contributed by atoms with E-state index in [-0.39, 0.29) is 0 Å². The van der Waals surface area contributed by atoms with E-state index >= 15 is 0 Å². The third-order valence-corrected chi connectivity index (χ3v) is 3.57. The highest BCUT2D eigenvalue weighted by Crippen LogP contribution is 2.21. The molecule has 1 aromatic heterocycles. The normalized spacial score (nSPS) is 16.6. The summed E-state index contributed by atoms with van der Waals surface area (Å²) in [6, 6.07) is 2.50.